The Kier molecular flexibility index (Phi) is 4.77. The highest BCUT2D eigenvalue weighted by Crippen LogP contribution is 2.17. The zero-order valence-electron chi connectivity index (χ0n) is 12.9. The van der Waals surface area contributed by atoms with Gasteiger partial charge >= 0.3 is 5.97 Å². The minimum atomic E-state index is -1.12. The Morgan fingerprint density at radius 2 is 1.76 bits per heavy atom. The van der Waals surface area contributed by atoms with E-state index < -0.39 is 11.9 Å². The van der Waals surface area contributed by atoms with Gasteiger partial charge in [0.25, 0.3) is 5.91 Å². The maximum Gasteiger partial charge on any atom is 0.352 e. The molecule has 0 bridgehead atoms. The van der Waals surface area contributed by atoms with Crippen molar-refractivity contribution in [2.24, 2.45) is 0 Å². The number of aromatic amines is 1. The van der Waals surface area contributed by atoms with E-state index in [1.807, 2.05) is 20.8 Å². The van der Waals surface area contributed by atoms with Gasteiger partial charge < -0.3 is 20.7 Å². The van der Waals surface area contributed by atoms with E-state index in [9.17, 15) is 14.4 Å². The molecule has 0 saturated carbocycles. The van der Waals surface area contributed by atoms with E-state index in [1.54, 1.807) is 13.8 Å². The first-order valence-electron chi connectivity index (χ1n) is 6.54. The number of amides is 2. The monoisotopic (exact) mass is 295 g/mol. The average Bonchev–Trinajstić information content (AvgIpc) is 2.60. The number of carbonyl (C=O) groups is 3. The summed E-state index contributed by atoms with van der Waals surface area (Å²) >= 11 is 0. The third kappa shape index (κ3) is 4.34. The first kappa shape index (κ1) is 16.7. The smallest absolute Gasteiger partial charge is 0.352 e. The first-order valence-corrected chi connectivity index (χ1v) is 6.54. The highest BCUT2D eigenvalue weighted by atomic mass is 16.4. The maximum absolute atomic E-state index is 12.1. The van der Waals surface area contributed by atoms with Gasteiger partial charge in [0.1, 0.15) is 5.69 Å². The van der Waals surface area contributed by atoms with Crippen LogP contribution in [0.1, 0.15) is 52.9 Å². The number of aryl methyl sites for hydroxylation is 1. The Hall–Kier alpha value is -2.31. The molecule has 0 atom stereocenters. The molecule has 7 nitrogen and oxygen atoms in total. The maximum atomic E-state index is 12.1. The number of carboxylic acids is 1. The minimum Gasteiger partial charge on any atom is -0.477 e. The third-order valence-corrected chi connectivity index (χ3v) is 2.80. The summed E-state index contributed by atoms with van der Waals surface area (Å²) in [7, 11) is 0. The molecule has 0 aliphatic carbocycles. The van der Waals surface area contributed by atoms with Crippen LogP contribution in [0.2, 0.25) is 0 Å². The average molecular weight is 295 g/mol. The molecule has 1 heterocycles. The summed E-state index contributed by atoms with van der Waals surface area (Å²) in [6, 6.07) is 0. The van der Waals surface area contributed by atoms with Gasteiger partial charge in [0.2, 0.25) is 5.91 Å². The second-order valence-electron chi connectivity index (χ2n) is 5.91. The van der Waals surface area contributed by atoms with Gasteiger partial charge in [0.15, 0.2) is 0 Å². The lowest BCUT2D eigenvalue weighted by molar-refractivity contribution is -0.121. The van der Waals surface area contributed by atoms with Crippen molar-refractivity contribution >= 4 is 17.8 Å². The van der Waals surface area contributed by atoms with Gasteiger partial charge in [-0.05, 0) is 40.2 Å². The zero-order chi connectivity index (χ0) is 16.4. The van der Waals surface area contributed by atoms with E-state index in [-0.39, 0.29) is 29.2 Å². The van der Waals surface area contributed by atoms with Gasteiger partial charge in [-0.15, -0.1) is 0 Å². The van der Waals surface area contributed by atoms with Crippen LogP contribution in [-0.2, 0) is 4.79 Å². The molecule has 21 heavy (non-hydrogen) atoms. The summed E-state index contributed by atoms with van der Waals surface area (Å²) in [6.45, 7) is 8.52. The molecule has 1 aromatic rings. The molecule has 0 aromatic carbocycles. The van der Waals surface area contributed by atoms with Crippen molar-refractivity contribution < 1.29 is 19.5 Å². The van der Waals surface area contributed by atoms with Crippen molar-refractivity contribution in [1.29, 1.82) is 0 Å². The number of carboxylic acid groups (broad SMARTS) is 1. The van der Waals surface area contributed by atoms with E-state index in [2.05, 4.69) is 15.6 Å². The van der Waals surface area contributed by atoms with Gasteiger partial charge in [-0.3, -0.25) is 9.59 Å². The molecular weight excluding hydrogens is 274 g/mol. The second-order valence-corrected chi connectivity index (χ2v) is 5.91. The van der Waals surface area contributed by atoms with Crippen LogP contribution in [0.25, 0.3) is 0 Å². The molecule has 4 N–H and O–H groups in total. The van der Waals surface area contributed by atoms with Gasteiger partial charge in [-0.25, -0.2) is 4.79 Å². The third-order valence-electron chi connectivity index (χ3n) is 2.80. The van der Waals surface area contributed by atoms with E-state index in [0.29, 0.717) is 11.3 Å². The molecular formula is C14H21N3O4. The SMILES string of the molecule is Cc1[nH]c(C(=O)O)c(C)c1C(=O)NCC(=O)NC(C)(C)C. The molecule has 0 fully saturated rings. The van der Waals surface area contributed by atoms with E-state index >= 15 is 0 Å². The largest absolute Gasteiger partial charge is 0.477 e. The number of nitrogens with one attached hydrogen (secondary N) is 3. The molecule has 0 saturated heterocycles. The fraction of sp³-hybridized carbons (Fsp3) is 0.500. The zero-order valence-corrected chi connectivity index (χ0v) is 12.9. The first-order chi connectivity index (χ1) is 9.53. The van der Waals surface area contributed by atoms with Crippen molar-refractivity contribution in [2.75, 3.05) is 6.54 Å². The number of aromatic carboxylic acids is 1. The Labute approximate surface area is 123 Å². The summed E-state index contributed by atoms with van der Waals surface area (Å²) in [6.07, 6.45) is 0. The van der Waals surface area contributed by atoms with Crippen LogP contribution in [0.5, 0.6) is 0 Å². The minimum absolute atomic E-state index is 0.0169. The van der Waals surface area contributed by atoms with Crippen LogP contribution in [0.4, 0.5) is 0 Å². The van der Waals surface area contributed by atoms with Gasteiger partial charge in [0, 0.05) is 11.2 Å². The summed E-state index contributed by atoms with van der Waals surface area (Å²) in [4.78, 5) is 37.4. The van der Waals surface area contributed by atoms with Crippen molar-refractivity contribution in [3.8, 4) is 0 Å². The quantitative estimate of drug-likeness (QED) is 0.663. The summed E-state index contributed by atoms with van der Waals surface area (Å²) < 4.78 is 0. The van der Waals surface area contributed by atoms with Crippen molar-refractivity contribution in [3.63, 3.8) is 0 Å². The summed E-state index contributed by atoms with van der Waals surface area (Å²) in [5.74, 6) is -1.90. The van der Waals surface area contributed by atoms with E-state index in [0.717, 1.165) is 0 Å². The van der Waals surface area contributed by atoms with Gasteiger partial charge in [0.05, 0.1) is 12.1 Å². The summed E-state index contributed by atoms with van der Waals surface area (Å²) in [5.41, 5.74) is 0.679. The number of carbonyl (C=O) groups excluding carboxylic acids is 2. The highest BCUT2D eigenvalue weighted by molar-refractivity contribution is 6.02. The Morgan fingerprint density at radius 1 is 1.19 bits per heavy atom. The molecule has 0 unspecified atom stereocenters. The van der Waals surface area contributed by atoms with Crippen LogP contribution in [0.3, 0.4) is 0 Å². The Bertz CT molecular complexity index is 582. The van der Waals surface area contributed by atoms with Crippen molar-refractivity contribution in [1.82, 2.24) is 15.6 Å². The molecule has 2 amide bonds. The Morgan fingerprint density at radius 3 is 2.19 bits per heavy atom. The van der Waals surface area contributed by atoms with Crippen LogP contribution in [-0.4, -0.2) is 40.0 Å². The highest BCUT2D eigenvalue weighted by Gasteiger charge is 2.22. The number of hydrogen-bond acceptors (Lipinski definition) is 3. The van der Waals surface area contributed by atoms with Gasteiger partial charge in [-0.1, -0.05) is 0 Å². The van der Waals surface area contributed by atoms with Crippen LogP contribution >= 0.6 is 0 Å². The fourth-order valence-electron chi connectivity index (χ4n) is 2.02. The van der Waals surface area contributed by atoms with Crippen LogP contribution in [0, 0.1) is 13.8 Å². The molecule has 0 radical (unpaired) electrons. The number of H-pyrrole nitrogens is 1. The standard InChI is InChI=1S/C14H21N3O4/c1-7-10(8(2)16-11(7)13(20)21)12(19)15-6-9(18)17-14(3,4)5/h16H,6H2,1-5H3,(H,15,19)(H,17,18)(H,20,21). The number of rotatable bonds is 4. The number of hydrogen-bond donors (Lipinski definition) is 4. The molecule has 116 valence electrons. The Balaban J connectivity index is 2.78. The van der Waals surface area contributed by atoms with Crippen molar-refractivity contribution in [3.05, 3.63) is 22.5 Å². The number of aromatic nitrogens is 1. The topological polar surface area (TPSA) is 111 Å². The molecule has 1 aromatic heterocycles. The fourth-order valence-corrected chi connectivity index (χ4v) is 2.02. The lowest BCUT2D eigenvalue weighted by Crippen LogP contribution is -2.45. The molecule has 0 aliphatic heterocycles. The normalized spacial score (nSPS) is 11.1. The predicted molar refractivity (Wildman–Crippen MR) is 77.5 cm³/mol. The lowest BCUT2D eigenvalue weighted by Gasteiger charge is -2.20. The van der Waals surface area contributed by atoms with Gasteiger partial charge in [-0.2, -0.15) is 0 Å². The molecule has 0 spiro atoms. The lowest BCUT2D eigenvalue weighted by atomic mass is 10.1. The molecule has 7 heteroatoms. The van der Waals surface area contributed by atoms with E-state index in [4.69, 9.17) is 5.11 Å². The van der Waals surface area contributed by atoms with Crippen LogP contribution in [0.15, 0.2) is 0 Å². The van der Waals surface area contributed by atoms with E-state index in [1.165, 1.54) is 0 Å². The molecule has 0 aliphatic rings. The van der Waals surface area contributed by atoms with Crippen LogP contribution < -0.4 is 10.6 Å². The second kappa shape index (κ2) is 5.99. The van der Waals surface area contributed by atoms with Crippen molar-refractivity contribution in [2.45, 2.75) is 40.2 Å². The molecule has 1 rings (SSSR count). The predicted octanol–water partition coefficient (Wildman–Crippen LogP) is 0.974. The summed E-state index contributed by atoms with van der Waals surface area (Å²) in [5, 5.41) is 14.2.